The molecule has 0 aliphatic heterocycles. The summed E-state index contributed by atoms with van der Waals surface area (Å²) in [6.45, 7) is 0. The second-order valence-electron chi connectivity index (χ2n) is 4.51. The van der Waals surface area contributed by atoms with E-state index in [1.54, 1.807) is 6.20 Å². The molecule has 94 valence electrons. The van der Waals surface area contributed by atoms with Crippen molar-refractivity contribution in [2.24, 2.45) is 0 Å². The molecule has 0 atom stereocenters. The van der Waals surface area contributed by atoms with Gasteiger partial charge in [-0.05, 0) is 22.8 Å². The fraction of sp³-hybridized carbons (Fsp3) is 0.0625. The van der Waals surface area contributed by atoms with Gasteiger partial charge in [0.2, 0.25) is 0 Å². The van der Waals surface area contributed by atoms with Crippen LogP contribution in [0.5, 0.6) is 0 Å². The van der Waals surface area contributed by atoms with E-state index in [1.165, 1.54) is 0 Å². The lowest BCUT2D eigenvalue weighted by atomic mass is 10.0. The summed E-state index contributed by atoms with van der Waals surface area (Å²) in [7, 11) is 0. The quantitative estimate of drug-likeness (QED) is 0.749. The second kappa shape index (κ2) is 4.61. The van der Waals surface area contributed by atoms with Gasteiger partial charge < -0.3 is 10.1 Å². The van der Waals surface area contributed by atoms with E-state index in [2.05, 4.69) is 23.2 Å². The molecule has 0 radical (unpaired) electrons. The average molecular weight is 251 g/mol. The zero-order valence-electron chi connectivity index (χ0n) is 10.3. The van der Waals surface area contributed by atoms with Crippen LogP contribution >= 0.6 is 0 Å². The van der Waals surface area contributed by atoms with Crippen LogP contribution in [0.4, 0.5) is 0 Å². The molecule has 1 aromatic heterocycles. The van der Waals surface area contributed by atoms with E-state index >= 15 is 0 Å². The van der Waals surface area contributed by atoms with Crippen molar-refractivity contribution in [3.05, 3.63) is 60.3 Å². The van der Waals surface area contributed by atoms with Crippen molar-refractivity contribution >= 4 is 16.9 Å². The monoisotopic (exact) mass is 251 g/mol. The average Bonchev–Trinajstić information content (AvgIpc) is 2.81. The first-order chi connectivity index (χ1) is 9.24. The van der Waals surface area contributed by atoms with Crippen LogP contribution < -0.4 is 0 Å². The van der Waals surface area contributed by atoms with Gasteiger partial charge in [-0.2, -0.15) is 0 Å². The summed E-state index contributed by atoms with van der Waals surface area (Å²) in [6.07, 6.45) is 1.82. The van der Waals surface area contributed by atoms with Crippen molar-refractivity contribution in [2.75, 3.05) is 0 Å². The summed E-state index contributed by atoms with van der Waals surface area (Å²) in [5.41, 5.74) is 4.07. The number of benzene rings is 2. The predicted octanol–water partition coefficient (Wildman–Crippen LogP) is 3.46. The normalized spacial score (nSPS) is 10.7. The van der Waals surface area contributed by atoms with Crippen LogP contribution in [0.1, 0.15) is 5.56 Å². The minimum atomic E-state index is -0.812. The number of aromatic amines is 1. The number of carboxylic acid groups (broad SMARTS) is 1. The fourth-order valence-corrected chi connectivity index (χ4v) is 2.31. The summed E-state index contributed by atoms with van der Waals surface area (Å²) in [5, 5.41) is 9.84. The minimum Gasteiger partial charge on any atom is -0.481 e. The van der Waals surface area contributed by atoms with Crippen LogP contribution in [-0.4, -0.2) is 16.1 Å². The molecule has 0 unspecified atom stereocenters. The van der Waals surface area contributed by atoms with E-state index in [1.807, 2.05) is 30.3 Å². The third kappa shape index (κ3) is 2.22. The molecule has 3 nitrogen and oxygen atoms in total. The molecule has 0 bridgehead atoms. The lowest BCUT2D eigenvalue weighted by Crippen LogP contribution is -1.98. The summed E-state index contributed by atoms with van der Waals surface area (Å²) < 4.78 is 0. The Morgan fingerprint density at radius 2 is 1.84 bits per heavy atom. The van der Waals surface area contributed by atoms with E-state index in [-0.39, 0.29) is 6.42 Å². The molecule has 0 saturated heterocycles. The number of carbonyl (C=O) groups is 1. The third-order valence-electron chi connectivity index (χ3n) is 3.22. The predicted molar refractivity (Wildman–Crippen MR) is 75.1 cm³/mol. The smallest absolute Gasteiger partial charge is 0.307 e. The summed E-state index contributed by atoms with van der Waals surface area (Å²) in [4.78, 5) is 13.9. The molecule has 0 spiro atoms. The lowest BCUT2D eigenvalue weighted by molar-refractivity contribution is -0.136. The van der Waals surface area contributed by atoms with Gasteiger partial charge in [-0.25, -0.2) is 0 Å². The Labute approximate surface area is 110 Å². The van der Waals surface area contributed by atoms with Crippen LogP contribution in [0.25, 0.3) is 22.0 Å². The SMILES string of the molecule is O=C(O)Cc1c[nH]c2cc(-c3ccccc3)ccc12. The molecule has 3 aromatic rings. The van der Waals surface area contributed by atoms with Crippen LogP contribution in [0.2, 0.25) is 0 Å². The minimum absolute atomic E-state index is 0.0463. The number of hydrogen-bond acceptors (Lipinski definition) is 1. The largest absolute Gasteiger partial charge is 0.481 e. The summed E-state index contributed by atoms with van der Waals surface area (Å²) in [6, 6.07) is 16.2. The van der Waals surface area contributed by atoms with Gasteiger partial charge in [0.25, 0.3) is 0 Å². The van der Waals surface area contributed by atoms with Gasteiger partial charge in [-0.3, -0.25) is 4.79 Å². The van der Waals surface area contributed by atoms with Gasteiger partial charge in [-0.15, -0.1) is 0 Å². The maximum atomic E-state index is 10.8. The van der Waals surface area contributed by atoms with E-state index in [9.17, 15) is 4.79 Å². The molecular formula is C16H13NO2. The van der Waals surface area contributed by atoms with Gasteiger partial charge in [0.05, 0.1) is 6.42 Å². The second-order valence-corrected chi connectivity index (χ2v) is 4.51. The van der Waals surface area contributed by atoms with Gasteiger partial charge >= 0.3 is 5.97 Å². The summed E-state index contributed by atoms with van der Waals surface area (Å²) >= 11 is 0. The molecule has 0 aliphatic carbocycles. The molecule has 3 rings (SSSR count). The Morgan fingerprint density at radius 1 is 1.05 bits per heavy atom. The molecule has 19 heavy (non-hydrogen) atoms. The first kappa shape index (κ1) is 11.5. The van der Waals surface area contributed by atoms with Crippen molar-refractivity contribution in [3.8, 4) is 11.1 Å². The van der Waals surface area contributed by atoms with E-state index < -0.39 is 5.97 Å². The highest BCUT2D eigenvalue weighted by molar-refractivity contribution is 5.90. The first-order valence-corrected chi connectivity index (χ1v) is 6.11. The highest BCUT2D eigenvalue weighted by atomic mass is 16.4. The molecule has 1 heterocycles. The molecule has 2 N–H and O–H groups in total. The van der Waals surface area contributed by atoms with Gasteiger partial charge in [0, 0.05) is 17.1 Å². The Hall–Kier alpha value is -2.55. The third-order valence-corrected chi connectivity index (χ3v) is 3.22. The Kier molecular flexibility index (Phi) is 2.80. The molecule has 0 aliphatic rings. The van der Waals surface area contributed by atoms with Crippen LogP contribution in [-0.2, 0) is 11.2 Å². The van der Waals surface area contributed by atoms with Gasteiger partial charge in [0.1, 0.15) is 0 Å². The zero-order chi connectivity index (χ0) is 13.2. The molecule has 0 fully saturated rings. The van der Waals surface area contributed by atoms with E-state index in [0.29, 0.717) is 0 Å². The van der Waals surface area contributed by atoms with Crippen molar-refractivity contribution in [2.45, 2.75) is 6.42 Å². The number of H-pyrrole nitrogens is 1. The number of hydrogen-bond donors (Lipinski definition) is 2. The number of nitrogens with one attached hydrogen (secondary N) is 1. The highest BCUT2D eigenvalue weighted by Gasteiger charge is 2.08. The van der Waals surface area contributed by atoms with E-state index in [4.69, 9.17) is 5.11 Å². The van der Waals surface area contributed by atoms with Crippen molar-refractivity contribution < 1.29 is 9.90 Å². The molecule has 2 aromatic carbocycles. The topological polar surface area (TPSA) is 53.1 Å². The number of fused-ring (bicyclic) bond motifs is 1. The molecular weight excluding hydrogens is 238 g/mol. The molecule has 0 amide bonds. The van der Waals surface area contributed by atoms with Crippen molar-refractivity contribution in [1.82, 2.24) is 4.98 Å². The first-order valence-electron chi connectivity index (χ1n) is 6.11. The maximum absolute atomic E-state index is 10.8. The van der Waals surface area contributed by atoms with Crippen molar-refractivity contribution in [3.63, 3.8) is 0 Å². The number of carboxylic acids is 1. The van der Waals surface area contributed by atoms with Crippen LogP contribution in [0.3, 0.4) is 0 Å². The fourth-order valence-electron chi connectivity index (χ4n) is 2.31. The molecule has 0 saturated carbocycles. The van der Waals surface area contributed by atoms with Crippen molar-refractivity contribution in [1.29, 1.82) is 0 Å². The zero-order valence-corrected chi connectivity index (χ0v) is 10.3. The van der Waals surface area contributed by atoms with Gasteiger partial charge in [-0.1, -0.05) is 42.5 Å². The van der Waals surface area contributed by atoms with Crippen LogP contribution in [0.15, 0.2) is 54.7 Å². The number of rotatable bonds is 3. The maximum Gasteiger partial charge on any atom is 0.307 e. The van der Waals surface area contributed by atoms with Gasteiger partial charge in [0.15, 0.2) is 0 Å². The Balaban J connectivity index is 2.06. The van der Waals surface area contributed by atoms with E-state index in [0.717, 1.165) is 27.6 Å². The highest BCUT2D eigenvalue weighted by Crippen LogP contribution is 2.26. The standard InChI is InChI=1S/C16H13NO2/c18-16(19)9-13-10-17-15-8-12(6-7-14(13)15)11-4-2-1-3-5-11/h1-8,10,17H,9H2,(H,18,19). The number of aromatic nitrogens is 1. The Morgan fingerprint density at radius 3 is 2.58 bits per heavy atom. The van der Waals surface area contributed by atoms with Crippen LogP contribution in [0, 0.1) is 0 Å². The number of aliphatic carboxylic acids is 1. The lowest BCUT2D eigenvalue weighted by Gasteiger charge is -2.02. The summed E-state index contributed by atoms with van der Waals surface area (Å²) in [5.74, 6) is -0.812. The Bertz CT molecular complexity index is 729. The molecule has 3 heteroatoms.